The Morgan fingerprint density at radius 1 is 1.16 bits per heavy atom. The monoisotopic (exact) mass is 448 g/mol. The Bertz CT molecular complexity index is 1360. The van der Waals surface area contributed by atoms with Crippen LogP contribution in [0.25, 0.3) is 31.8 Å². The van der Waals surface area contributed by atoms with Crippen molar-refractivity contribution in [2.75, 3.05) is 13.1 Å². The van der Waals surface area contributed by atoms with Crippen molar-refractivity contribution in [3.05, 3.63) is 57.4 Å². The topological polar surface area (TPSA) is 66.6 Å². The number of hydrogen-bond donors (Lipinski definition) is 1. The minimum atomic E-state index is -0.0891. The predicted molar refractivity (Wildman–Crippen MR) is 131 cm³/mol. The van der Waals surface area contributed by atoms with Gasteiger partial charge in [0.2, 0.25) is 5.43 Å². The van der Waals surface area contributed by atoms with E-state index in [2.05, 4.69) is 24.8 Å². The van der Waals surface area contributed by atoms with Crippen molar-refractivity contribution in [1.82, 2.24) is 9.88 Å². The average Bonchev–Trinajstić information content (AvgIpc) is 3.20. The maximum atomic E-state index is 13.6. The molecule has 4 aromatic rings. The summed E-state index contributed by atoms with van der Waals surface area (Å²) in [7, 11) is 0. The summed E-state index contributed by atoms with van der Waals surface area (Å²) in [5.41, 5.74) is 3.76. The summed E-state index contributed by atoms with van der Waals surface area (Å²) < 4.78 is 7.35. The van der Waals surface area contributed by atoms with E-state index in [1.54, 1.807) is 23.5 Å². The van der Waals surface area contributed by atoms with Crippen molar-refractivity contribution in [3.63, 3.8) is 0 Å². The molecule has 2 aromatic heterocycles. The zero-order valence-electron chi connectivity index (χ0n) is 18.8. The van der Waals surface area contributed by atoms with Crippen LogP contribution in [0.1, 0.15) is 55.9 Å². The summed E-state index contributed by atoms with van der Waals surface area (Å²) in [5.74, 6) is 1.10. The van der Waals surface area contributed by atoms with Crippen LogP contribution in [0.4, 0.5) is 0 Å². The van der Waals surface area contributed by atoms with Crippen LogP contribution < -0.4 is 5.43 Å². The number of likely N-dealkylation sites (tertiary alicyclic amines) is 1. The highest BCUT2D eigenvalue weighted by Gasteiger charge is 2.22. The molecule has 32 heavy (non-hydrogen) atoms. The number of phenols is 1. The number of piperidine rings is 1. The van der Waals surface area contributed by atoms with Gasteiger partial charge in [0.15, 0.2) is 0 Å². The average molecular weight is 449 g/mol. The first-order valence-corrected chi connectivity index (χ1v) is 12.2. The first kappa shape index (κ1) is 21.2. The van der Waals surface area contributed by atoms with Crippen LogP contribution in [-0.4, -0.2) is 28.1 Å². The molecule has 5 nitrogen and oxygen atoms in total. The van der Waals surface area contributed by atoms with Crippen LogP contribution in [0, 0.1) is 6.92 Å². The molecule has 2 aromatic carbocycles. The van der Waals surface area contributed by atoms with Gasteiger partial charge in [0, 0.05) is 6.54 Å². The van der Waals surface area contributed by atoms with Crippen molar-refractivity contribution in [2.45, 2.75) is 52.5 Å². The Morgan fingerprint density at radius 2 is 1.94 bits per heavy atom. The molecule has 0 radical (unpaired) electrons. The largest absolute Gasteiger partial charge is 0.507 e. The fraction of sp³-hybridized carbons (Fsp3) is 0.385. The smallest absolute Gasteiger partial charge is 0.203 e. The molecule has 1 N–H and O–H groups in total. The Balaban J connectivity index is 1.66. The molecule has 166 valence electrons. The standard InChI is InChI=1S/C26H28N2O3S/c1-15(2)17-8-7-9-20-25(17)32-26(27-20)22-16(3)31-24-18(23(22)30)10-11-21(29)19(24)14-28-12-5-4-6-13-28/h7-11,15,29H,4-6,12-14H2,1-3H3. The van der Waals surface area contributed by atoms with Crippen molar-refractivity contribution in [3.8, 4) is 16.3 Å². The van der Waals surface area contributed by atoms with Crippen molar-refractivity contribution < 1.29 is 9.52 Å². The van der Waals surface area contributed by atoms with E-state index in [-0.39, 0.29) is 11.2 Å². The van der Waals surface area contributed by atoms with Crippen LogP contribution in [-0.2, 0) is 6.54 Å². The number of aryl methyl sites for hydroxylation is 1. The van der Waals surface area contributed by atoms with Crippen molar-refractivity contribution in [2.24, 2.45) is 0 Å². The van der Waals surface area contributed by atoms with E-state index in [0.717, 1.165) is 36.1 Å². The van der Waals surface area contributed by atoms with Gasteiger partial charge in [-0.1, -0.05) is 32.4 Å². The lowest BCUT2D eigenvalue weighted by atomic mass is 10.0. The minimum Gasteiger partial charge on any atom is -0.507 e. The molecule has 0 saturated carbocycles. The number of benzene rings is 2. The minimum absolute atomic E-state index is 0.0891. The van der Waals surface area contributed by atoms with E-state index in [0.29, 0.717) is 45.3 Å². The van der Waals surface area contributed by atoms with Crippen LogP contribution in [0.3, 0.4) is 0 Å². The van der Waals surface area contributed by atoms with Gasteiger partial charge in [-0.3, -0.25) is 9.69 Å². The van der Waals surface area contributed by atoms with E-state index in [1.807, 2.05) is 19.1 Å². The fourth-order valence-corrected chi connectivity index (χ4v) is 6.00. The van der Waals surface area contributed by atoms with Gasteiger partial charge in [0.05, 0.1) is 26.7 Å². The number of hydrogen-bond acceptors (Lipinski definition) is 6. The lowest BCUT2D eigenvalue weighted by Gasteiger charge is -2.26. The summed E-state index contributed by atoms with van der Waals surface area (Å²) in [4.78, 5) is 20.7. The molecule has 1 fully saturated rings. The molecule has 5 rings (SSSR count). The zero-order valence-corrected chi connectivity index (χ0v) is 19.6. The second-order valence-corrected chi connectivity index (χ2v) is 10.0. The van der Waals surface area contributed by atoms with E-state index in [1.165, 1.54) is 12.0 Å². The van der Waals surface area contributed by atoms with Gasteiger partial charge in [0.25, 0.3) is 0 Å². The lowest BCUT2D eigenvalue weighted by Crippen LogP contribution is -2.29. The maximum absolute atomic E-state index is 13.6. The molecule has 0 bridgehead atoms. The predicted octanol–water partition coefficient (Wildman–Crippen LogP) is 6.19. The van der Waals surface area contributed by atoms with Gasteiger partial charge in [-0.15, -0.1) is 11.3 Å². The number of nitrogens with zero attached hydrogens (tertiary/aromatic N) is 2. The summed E-state index contributed by atoms with van der Waals surface area (Å²) in [5, 5.41) is 11.8. The molecule has 0 aliphatic carbocycles. The van der Waals surface area contributed by atoms with Crippen LogP contribution in [0.2, 0.25) is 0 Å². The first-order valence-electron chi connectivity index (χ1n) is 11.3. The summed E-state index contributed by atoms with van der Waals surface area (Å²) in [6, 6.07) is 9.43. The number of aromatic nitrogens is 1. The molecule has 0 amide bonds. The highest BCUT2D eigenvalue weighted by atomic mass is 32.1. The molecule has 1 aliphatic heterocycles. The third-order valence-electron chi connectivity index (χ3n) is 6.43. The highest BCUT2D eigenvalue weighted by molar-refractivity contribution is 7.21. The molecule has 0 unspecified atom stereocenters. The molecule has 1 saturated heterocycles. The van der Waals surface area contributed by atoms with Crippen LogP contribution >= 0.6 is 11.3 Å². The molecular formula is C26H28N2O3S. The van der Waals surface area contributed by atoms with Gasteiger partial charge >= 0.3 is 0 Å². The third kappa shape index (κ3) is 3.61. The molecule has 6 heteroatoms. The van der Waals surface area contributed by atoms with Gasteiger partial charge in [-0.25, -0.2) is 4.98 Å². The Kier molecular flexibility index (Phi) is 5.51. The van der Waals surface area contributed by atoms with Gasteiger partial charge in [0.1, 0.15) is 22.1 Å². The lowest BCUT2D eigenvalue weighted by molar-refractivity contribution is 0.218. The number of thiazole rings is 1. The molecule has 0 atom stereocenters. The normalized spacial score (nSPS) is 15.2. The highest BCUT2D eigenvalue weighted by Crippen LogP contribution is 2.37. The van der Waals surface area contributed by atoms with Crippen LogP contribution in [0.15, 0.2) is 39.5 Å². The summed E-state index contributed by atoms with van der Waals surface area (Å²) in [6.07, 6.45) is 3.57. The van der Waals surface area contributed by atoms with E-state index in [4.69, 9.17) is 9.40 Å². The molecule has 1 aliphatic rings. The van der Waals surface area contributed by atoms with Gasteiger partial charge in [-0.2, -0.15) is 0 Å². The Morgan fingerprint density at radius 3 is 2.69 bits per heavy atom. The molecule has 3 heterocycles. The fourth-order valence-electron chi connectivity index (χ4n) is 4.69. The number of fused-ring (bicyclic) bond motifs is 2. The van der Waals surface area contributed by atoms with E-state index >= 15 is 0 Å². The Hall–Kier alpha value is -2.70. The third-order valence-corrected chi connectivity index (χ3v) is 7.56. The Labute approximate surface area is 191 Å². The van der Waals surface area contributed by atoms with Gasteiger partial charge < -0.3 is 9.52 Å². The maximum Gasteiger partial charge on any atom is 0.203 e. The zero-order chi connectivity index (χ0) is 22.4. The second-order valence-electron chi connectivity index (χ2n) is 9.01. The van der Waals surface area contributed by atoms with Crippen LogP contribution in [0.5, 0.6) is 5.75 Å². The first-order chi connectivity index (χ1) is 15.4. The van der Waals surface area contributed by atoms with Gasteiger partial charge in [-0.05, 0) is 62.5 Å². The molecular weight excluding hydrogens is 420 g/mol. The van der Waals surface area contributed by atoms with Crippen molar-refractivity contribution in [1.29, 1.82) is 0 Å². The number of aromatic hydroxyl groups is 1. The number of rotatable bonds is 4. The SMILES string of the molecule is Cc1oc2c(CN3CCCCC3)c(O)ccc2c(=O)c1-c1nc2cccc(C(C)C)c2s1. The second kappa shape index (κ2) is 8.34. The summed E-state index contributed by atoms with van der Waals surface area (Å²) in [6.45, 7) is 8.74. The van der Waals surface area contributed by atoms with E-state index < -0.39 is 0 Å². The molecule has 0 spiro atoms. The summed E-state index contributed by atoms with van der Waals surface area (Å²) >= 11 is 1.55. The quantitative estimate of drug-likeness (QED) is 0.403. The van der Waals surface area contributed by atoms with Crippen molar-refractivity contribution >= 4 is 32.5 Å². The number of phenolic OH excluding ortho intramolecular Hbond substituents is 1. The van der Waals surface area contributed by atoms with E-state index in [9.17, 15) is 9.90 Å².